The molecule has 1 aromatic carbocycles. The van der Waals surface area contributed by atoms with E-state index in [4.69, 9.17) is 4.42 Å². The smallest absolute Gasteiger partial charge is 0.228 e. The van der Waals surface area contributed by atoms with Gasteiger partial charge in [-0.25, -0.2) is 0 Å². The van der Waals surface area contributed by atoms with Crippen LogP contribution in [0.2, 0.25) is 0 Å². The molecule has 0 atom stereocenters. The summed E-state index contributed by atoms with van der Waals surface area (Å²) in [5, 5.41) is 0. The van der Waals surface area contributed by atoms with Crippen molar-refractivity contribution in [1.82, 2.24) is 0 Å². The standard InChI is InChI=1S/C15H16O2/c1-3-11-7-5-6-8-13(11)15(16)14-10-9-12(4-2)17-14/h5-10H,3-4H2,1-2H3. The molecule has 0 aliphatic rings. The summed E-state index contributed by atoms with van der Waals surface area (Å²) < 4.78 is 5.50. The molecule has 0 aliphatic heterocycles. The van der Waals surface area contributed by atoms with Crippen LogP contribution in [0.1, 0.15) is 41.3 Å². The van der Waals surface area contributed by atoms with Gasteiger partial charge in [0.2, 0.25) is 5.78 Å². The average molecular weight is 228 g/mol. The molecule has 0 N–H and O–H groups in total. The molecule has 2 heteroatoms. The maximum Gasteiger partial charge on any atom is 0.228 e. The molecule has 0 unspecified atom stereocenters. The van der Waals surface area contributed by atoms with E-state index in [9.17, 15) is 4.79 Å². The Kier molecular flexibility index (Phi) is 3.43. The zero-order valence-corrected chi connectivity index (χ0v) is 10.2. The molecule has 2 aromatic rings. The Balaban J connectivity index is 2.36. The normalized spacial score (nSPS) is 10.5. The van der Waals surface area contributed by atoms with E-state index >= 15 is 0 Å². The van der Waals surface area contributed by atoms with Gasteiger partial charge in [0.1, 0.15) is 5.76 Å². The van der Waals surface area contributed by atoms with Crippen molar-refractivity contribution in [3.63, 3.8) is 0 Å². The molecule has 0 radical (unpaired) electrons. The van der Waals surface area contributed by atoms with Gasteiger partial charge in [0.05, 0.1) is 0 Å². The van der Waals surface area contributed by atoms with E-state index in [-0.39, 0.29) is 5.78 Å². The number of hydrogen-bond donors (Lipinski definition) is 0. The SMILES string of the molecule is CCc1ccc(C(=O)c2ccccc2CC)o1. The molecule has 2 nitrogen and oxygen atoms in total. The first kappa shape index (κ1) is 11.6. The fraction of sp³-hybridized carbons (Fsp3) is 0.267. The third-order valence-corrected chi connectivity index (χ3v) is 2.88. The fourth-order valence-corrected chi connectivity index (χ4v) is 1.87. The predicted molar refractivity (Wildman–Crippen MR) is 67.3 cm³/mol. The average Bonchev–Trinajstić information content (AvgIpc) is 2.86. The predicted octanol–water partition coefficient (Wildman–Crippen LogP) is 3.64. The van der Waals surface area contributed by atoms with Crippen molar-refractivity contribution in [3.8, 4) is 0 Å². The van der Waals surface area contributed by atoms with Crippen LogP contribution in [0.15, 0.2) is 40.8 Å². The lowest BCUT2D eigenvalue weighted by atomic mass is 10.0. The van der Waals surface area contributed by atoms with Crippen molar-refractivity contribution in [2.24, 2.45) is 0 Å². The van der Waals surface area contributed by atoms with Crippen molar-refractivity contribution in [1.29, 1.82) is 0 Å². The molecule has 0 bridgehead atoms. The summed E-state index contributed by atoms with van der Waals surface area (Å²) in [4.78, 5) is 12.3. The van der Waals surface area contributed by atoms with Gasteiger partial charge in [-0.2, -0.15) is 0 Å². The highest BCUT2D eigenvalue weighted by Gasteiger charge is 2.15. The van der Waals surface area contributed by atoms with Crippen LogP contribution in [-0.4, -0.2) is 5.78 Å². The van der Waals surface area contributed by atoms with Gasteiger partial charge in [0, 0.05) is 12.0 Å². The van der Waals surface area contributed by atoms with E-state index in [1.807, 2.05) is 44.2 Å². The molecule has 0 saturated heterocycles. The van der Waals surface area contributed by atoms with E-state index < -0.39 is 0 Å². The maximum absolute atomic E-state index is 12.3. The summed E-state index contributed by atoms with van der Waals surface area (Å²) in [5.74, 6) is 1.26. The molecular formula is C15H16O2. The molecule has 1 heterocycles. The van der Waals surface area contributed by atoms with E-state index in [0.717, 1.165) is 29.7 Å². The molecular weight excluding hydrogens is 212 g/mol. The number of carbonyl (C=O) groups is 1. The number of benzene rings is 1. The van der Waals surface area contributed by atoms with Gasteiger partial charge in [-0.1, -0.05) is 38.1 Å². The summed E-state index contributed by atoms with van der Waals surface area (Å²) >= 11 is 0. The van der Waals surface area contributed by atoms with Crippen LogP contribution in [0.5, 0.6) is 0 Å². The molecule has 0 aliphatic carbocycles. The van der Waals surface area contributed by atoms with Crippen LogP contribution in [-0.2, 0) is 12.8 Å². The highest BCUT2D eigenvalue weighted by molar-refractivity contribution is 6.08. The van der Waals surface area contributed by atoms with Crippen molar-refractivity contribution in [2.45, 2.75) is 26.7 Å². The monoisotopic (exact) mass is 228 g/mol. The highest BCUT2D eigenvalue weighted by atomic mass is 16.3. The molecule has 0 spiro atoms. The van der Waals surface area contributed by atoms with E-state index in [1.165, 1.54) is 0 Å². The lowest BCUT2D eigenvalue weighted by Crippen LogP contribution is -2.03. The van der Waals surface area contributed by atoms with Crippen molar-refractivity contribution in [2.75, 3.05) is 0 Å². The molecule has 2 rings (SSSR count). The van der Waals surface area contributed by atoms with Gasteiger partial charge in [-0.05, 0) is 24.1 Å². The number of carbonyl (C=O) groups excluding carboxylic acids is 1. The second-order valence-corrected chi connectivity index (χ2v) is 3.96. The van der Waals surface area contributed by atoms with Crippen LogP contribution in [0.25, 0.3) is 0 Å². The van der Waals surface area contributed by atoms with E-state index in [2.05, 4.69) is 0 Å². The van der Waals surface area contributed by atoms with Gasteiger partial charge in [-0.15, -0.1) is 0 Å². The first-order valence-electron chi connectivity index (χ1n) is 5.97. The van der Waals surface area contributed by atoms with Crippen LogP contribution in [0, 0.1) is 0 Å². The largest absolute Gasteiger partial charge is 0.458 e. The minimum absolute atomic E-state index is 0.0258. The Labute approximate surface area is 101 Å². The van der Waals surface area contributed by atoms with Gasteiger partial charge in [-0.3, -0.25) is 4.79 Å². The first-order valence-corrected chi connectivity index (χ1v) is 5.97. The Morgan fingerprint density at radius 3 is 2.47 bits per heavy atom. The van der Waals surface area contributed by atoms with Crippen molar-refractivity contribution >= 4 is 5.78 Å². The van der Waals surface area contributed by atoms with Crippen molar-refractivity contribution < 1.29 is 9.21 Å². The lowest BCUT2D eigenvalue weighted by Gasteiger charge is -2.04. The first-order chi connectivity index (χ1) is 8.26. The second-order valence-electron chi connectivity index (χ2n) is 3.96. The molecule has 0 saturated carbocycles. The summed E-state index contributed by atoms with van der Waals surface area (Å²) in [7, 11) is 0. The number of hydrogen-bond acceptors (Lipinski definition) is 2. The zero-order chi connectivity index (χ0) is 12.3. The molecule has 17 heavy (non-hydrogen) atoms. The Morgan fingerprint density at radius 1 is 1.06 bits per heavy atom. The fourth-order valence-electron chi connectivity index (χ4n) is 1.87. The minimum atomic E-state index is -0.0258. The molecule has 0 amide bonds. The molecule has 0 fully saturated rings. The topological polar surface area (TPSA) is 30.2 Å². The van der Waals surface area contributed by atoms with Crippen LogP contribution < -0.4 is 0 Å². The third-order valence-electron chi connectivity index (χ3n) is 2.88. The Hall–Kier alpha value is -1.83. The van der Waals surface area contributed by atoms with E-state index in [1.54, 1.807) is 6.07 Å². The highest BCUT2D eigenvalue weighted by Crippen LogP contribution is 2.17. The van der Waals surface area contributed by atoms with Crippen LogP contribution in [0.4, 0.5) is 0 Å². The quantitative estimate of drug-likeness (QED) is 0.748. The summed E-state index contributed by atoms with van der Waals surface area (Å²) in [6, 6.07) is 11.3. The van der Waals surface area contributed by atoms with Crippen LogP contribution in [0.3, 0.4) is 0 Å². The number of rotatable bonds is 4. The maximum atomic E-state index is 12.3. The minimum Gasteiger partial charge on any atom is -0.458 e. The lowest BCUT2D eigenvalue weighted by molar-refractivity contribution is 0.101. The second kappa shape index (κ2) is 5.00. The molecule has 88 valence electrons. The summed E-state index contributed by atoms with van der Waals surface area (Å²) in [6.45, 7) is 4.05. The van der Waals surface area contributed by atoms with Gasteiger partial charge in [0.15, 0.2) is 5.76 Å². The van der Waals surface area contributed by atoms with Crippen molar-refractivity contribution in [3.05, 3.63) is 59.0 Å². The number of aryl methyl sites for hydroxylation is 2. The number of furan rings is 1. The summed E-state index contributed by atoms with van der Waals surface area (Å²) in [5.41, 5.74) is 1.80. The zero-order valence-electron chi connectivity index (χ0n) is 10.2. The Bertz CT molecular complexity index is 523. The number of ketones is 1. The van der Waals surface area contributed by atoms with Gasteiger partial charge >= 0.3 is 0 Å². The van der Waals surface area contributed by atoms with Gasteiger partial charge < -0.3 is 4.42 Å². The molecule has 1 aromatic heterocycles. The summed E-state index contributed by atoms with van der Waals surface area (Å²) in [6.07, 6.45) is 1.66. The Morgan fingerprint density at radius 2 is 1.82 bits per heavy atom. The third kappa shape index (κ3) is 2.31. The van der Waals surface area contributed by atoms with E-state index in [0.29, 0.717) is 5.76 Å². The van der Waals surface area contributed by atoms with Crippen LogP contribution >= 0.6 is 0 Å². The van der Waals surface area contributed by atoms with Gasteiger partial charge in [0.25, 0.3) is 0 Å².